The molecule has 1 N–H and O–H groups in total. The number of piperazine rings is 1. The third-order valence-electron chi connectivity index (χ3n) is 4.25. The van der Waals surface area contributed by atoms with Gasteiger partial charge in [-0.2, -0.15) is 0 Å². The van der Waals surface area contributed by atoms with Gasteiger partial charge in [0.15, 0.2) is 0 Å². The van der Waals surface area contributed by atoms with Crippen LogP contribution in [0.2, 0.25) is 0 Å². The van der Waals surface area contributed by atoms with E-state index in [1.165, 1.54) is 11.1 Å². The molecule has 0 aromatic heterocycles. The Hall–Kier alpha value is -1.10. The minimum Gasteiger partial charge on any atom is -0.381 e. The molecule has 0 radical (unpaired) electrons. The van der Waals surface area contributed by atoms with Crippen LogP contribution in [0.25, 0.3) is 0 Å². The summed E-state index contributed by atoms with van der Waals surface area (Å²) in [5, 5.41) is 3.40. The van der Waals surface area contributed by atoms with Gasteiger partial charge in [0.05, 0.1) is 19.1 Å². The average Bonchev–Trinajstić information content (AvgIpc) is 2.58. The molecule has 1 heterocycles. The number of aryl methyl sites for hydroxylation is 1. The van der Waals surface area contributed by atoms with Crippen molar-refractivity contribution in [1.29, 1.82) is 0 Å². The summed E-state index contributed by atoms with van der Waals surface area (Å²) in [4.78, 5) is 14.6. The summed E-state index contributed by atoms with van der Waals surface area (Å²) in [6.45, 7) is 10.1. The van der Waals surface area contributed by atoms with E-state index in [0.717, 1.165) is 32.7 Å². The molecule has 1 saturated heterocycles. The molecule has 1 aromatic rings. The van der Waals surface area contributed by atoms with Crippen LogP contribution in [-0.2, 0) is 16.0 Å². The van der Waals surface area contributed by atoms with E-state index in [-0.39, 0.29) is 24.4 Å². The van der Waals surface area contributed by atoms with Gasteiger partial charge >= 0.3 is 0 Å². The number of hydrogen-bond donors (Lipinski definition) is 1. The van der Waals surface area contributed by atoms with Crippen molar-refractivity contribution in [3.05, 3.63) is 35.4 Å². The highest BCUT2D eigenvalue weighted by Gasteiger charge is 2.27. The van der Waals surface area contributed by atoms with E-state index >= 15 is 0 Å². The number of halogens is 1. The lowest BCUT2D eigenvalue weighted by Gasteiger charge is -2.36. The van der Waals surface area contributed by atoms with Gasteiger partial charge in [-0.3, -0.25) is 4.79 Å². The summed E-state index contributed by atoms with van der Waals surface area (Å²) < 4.78 is 5.56. The second-order valence-electron chi connectivity index (χ2n) is 6.62. The van der Waals surface area contributed by atoms with Crippen molar-refractivity contribution >= 4 is 18.3 Å². The molecule has 1 fully saturated rings. The normalized spacial score (nSPS) is 17.7. The molecule has 0 spiro atoms. The van der Waals surface area contributed by atoms with Crippen molar-refractivity contribution in [3.63, 3.8) is 0 Å². The zero-order chi connectivity index (χ0) is 16.7. The molecule has 1 aliphatic heterocycles. The van der Waals surface area contributed by atoms with Crippen LogP contribution in [0.5, 0.6) is 0 Å². The molecular weight excluding hydrogens is 324 g/mol. The van der Waals surface area contributed by atoms with E-state index in [4.69, 9.17) is 4.74 Å². The summed E-state index contributed by atoms with van der Waals surface area (Å²) in [6, 6.07) is 8.78. The monoisotopic (exact) mass is 354 g/mol. The van der Waals surface area contributed by atoms with Crippen molar-refractivity contribution in [2.75, 3.05) is 32.8 Å². The Morgan fingerprint density at radius 1 is 1.33 bits per heavy atom. The molecule has 1 amide bonds. The molecule has 0 aliphatic carbocycles. The maximum atomic E-state index is 12.6. The number of carbonyl (C=O) groups excluding carboxylic acids is 1. The number of benzene rings is 1. The van der Waals surface area contributed by atoms with E-state index < -0.39 is 0 Å². The number of ether oxygens (including phenoxy) is 1. The number of hydrogen-bond acceptors (Lipinski definition) is 3. The largest absolute Gasteiger partial charge is 0.381 e. The van der Waals surface area contributed by atoms with Gasteiger partial charge < -0.3 is 15.0 Å². The molecule has 1 atom stereocenters. The Labute approximate surface area is 152 Å². The first-order valence-electron chi connectivity index (χ1n) is 8.78. The number of rotatable bonds is 7. The van der Waals surface area contributed by atoms with Crippen LogP contribution in [0.1, 0.15) is 44.4 Å². The van der Waals surface area contributed by atoms with Gasteiger partial charge in [0.25, 0.3) is 0 Å². The maximum Gasteiger partial charge on any atom is 0.225 e. The number of nitrogens with zero attached hydrogens (tertiary/aromatic N) is 1. The predicted octanol–water partition coefficient (Wildman–Crippen LogP) is 3.21. The van der Waals surface area contributed by atoms with Gasteiger partial charge in [-0.25, -0.2) is 0 Å². The highest BCUT2D eigenvalue weighted by atomic mass is 35.5. The molecule has 0 saturated carbocycles. The molecule has 4 nitrogen and oxygen atoms in total. The van der Waals surface area contributed by atoms with E-state index in [0.29, 0.717) is 18.9 Å². The quantitative estimate of drug-likeness (QED) is 0.764. The van der Waals surface area contributed by atoms with Gasteiger partial charge in [0, 0.05) is 26.2 Å². The van der Waals surface area contributed by atoms with Crippen molar-refractivity contribution in [3.8, 4) is 0 Å². The Morgan fingerprint density at radius 3 is 2.67 bits per heavy atom. The fourth-order valence-electron chi connectivity index (χ4n) is 2.90. The average molecular weight is 355 g/mol. The third kappa shape index (κ3) is 6.08. The first kappa shape index (κ1) is 20.9. The van der Waals surface area contributed by atoms with Crippen LogP contribution >= 0.6 is 12.4 Å². The van der Waals surface area contributed by atoms with Crippen molar-refractivity contribution in [2.45, 2.75) is 39.7 Å². The standard InChI is InChI=1S/C19H30N2O2.ClH/c1-4-16-5-7-17(8-6-16)18-13-20-10-11-21(18)19(22)9-12-23-14-15(2)3;/h5-8,15,18,20H,4,9-14H2,1-3H3;1H. The molecule has 1 unspecified atom stereocenters. The Bertz CT molecular complexity index is 491. The van der Waals surface area contributed by atoms with Crippen LogP contribution in [0.4, 0.5) is 0 Å². The molecule has 24 heavy (non-hydrogen) atoms. The highest BCUT2D eigenvalue weighted by Crippen LogP contribution is 2.23. The van der Waals surface area contributed by atoms with Crippen molar-refractivity contribution in [1.82, 2.24) is 10.2 Å². The van der Waals surface area contributed by atoms with Crippen molar-refractivity contribution < 1.29 is 9.53 Å². The van der Waals surface area contributed by atoms with E-state index in [1.54, 1.807) is 0 Å². The second kappa shape index (κ2) is 10.7. The first-order valence-corrected chi connectivity index (χ1v) is 8.78. The molecule has 0 bridgehead atoms. The van der Waals surface area contributed by atoms with Gasteiger partial charge in [-0.1, -0.05) is 45.0 Å². The molecular formula is C19H31ClN2O2. The van der Waals surface area contributed by atoms with E-state index in [9.17, 15) is 4.79 Å². The van der Waals surface area contributed by atoms with Crippen LogP contribution in [0.15, 0.2) is 24.3 Å². The van der Waals surface area contributed by atoms with Gasteiger partial charge in [0.2, 0.25) is 5.91 Å². The fourth-order valence-corrected chi connectivity index (χ4v) is 2.90. The van der Waals surface area contributed by atoms with Gasteiger partial charge in [0.1, 0.15) is 0 Å². The number of carbonyl (C=O) groups is 1. The number of amides is 1. The van der Waals surface area contributed by atoms with E-state index in [1.807, 2.05) is 4.90 Å². The van der Waals surface area contributed by atoms with Crippen LogP contribution < -0.4 is 5.32 Å². The number of nitrogens with one attached hydrogen (secondary N) is 1. The molecule has 2 rings (SSSR count). The minimum absolute atomic E-state index is 0. The summed E-state index contributed by atoms with van der Waals surface area (Å²) >= 11 is 0. The van der Waals surface area contributed by atoms with Gasteiger partial charge in [-0.05, 0) is 23.5 Å². The fraction of sp³-hybridized carbons (Fsp3) is 0.632. The summed E-state index contributed by atoms with van der Waals surface area (Å²) in [7, 11) is 0. The maximum absolute atomic E-state index is 12.6. The smallest absolute Gasteiger partial charge is 0.225 e. The van der Waals surface area contributed by atoms with Gasteiger partial charge in [-0.15, -0.1) is 12.4 Å². The van der Waals surface area contributed by atoms with Crippen molar-refractivity contribution in [2.24, 2.45) is 5.92 Å². The second-order valence-corrected chi connectivity index (χ2v) is 6.62. The molecule has 5 heteroatoms. The Morgan fingerprint density at radius 2 is 2.04 bits per heavy atom. The van der Waals surface area contributed by atoms with Crippen LogP contribution in [0.3, 0.4) is 0 Å². The predicted molar refractivity (Wildman–Crippen MR) is 101 cm³/mol. The third-order valence-corrected chi connectivity index (χ3v) is 4.25. The van der Waals surface area contributed by atoms with Crippen LogP contribution in [0, 0.1) is 5.92 Å². The molecule has 1 aromatic carbocycles. The summed E-state index contributed by atoms with van der Waals surface area (Å²) in [6.07, 6.45) is 1.51. The Kier molecular flexibility index (Phi) is 9.34. The summed E-state index contributed by atoms with van der Waals surface area (Å²) in [5.41, 5.74) is 2.54. The lowest BCUT2D eigenvalue weighted by Crippen LogP contribution is -2.48. The topological polar surface area (TPSA) is 41.6 Å². The SMILES string of the molecule is CCc1ccc(C2CNCCN2C(=O)CCOCC(C)C)cc1.Cl. The van der Waals surface area contributed by atoms with E-state index in [2.05, 4.69) is 50.4 Å². The lowest BCUT2D eigenvalue weighted by atomic mass is 10.0. The Balaban J connectivity index is 0.00000288. The first-order chi connectivity index (χ1) is 11.1. The highest BCUT2D eigenvalue weighted by molar-refractivity contribution is 5.85. The zero-order valence-electron chi connectivity index (χ0n) is 15.1. The zero-order valence-corrected chi connectivity index (χ0v) is 15.9. The molecule has 136 valence electrons. The summed E-state index contributed by atoms with van der Waals surface area (Å²) in [5.74, 6) is 0.703. The van der Waals surface area contributed by atoms with Crippen LogP contribution in [-0.4, -0.2) is 43.7 Å². The lowest BCUT2D eigenvalue weighted by molar-refractivity contribution is -0.135. The molecule has 1 aliphatic rings. The minimum atomic E-state index is 0.